The molecule has 0 radical (unpaired) electrons. The zero-order valence-electron chi connectivity index (χ0n) is 12.2. The highest BCUT2D eigenvalue weighted by molar-refractivity contribution is 9.10. The summed E-state index contributed by atoms with van der Waals surface area (Å²) in [5.41, 5.74) is 1.00. The summed E-state index contributed by atoms with van der Waals surface area (Å²) in [6.45, 7) is 5.24. The molecule has 0 spiro atoms. The molecule has 3 unspecified atom stereocenters. The van der Waals surface area contributed by atoms with Crippen molar-refractivity contribution in [1.82, 2.24) is 5.32 Å². The lowest BCUT2D eigenvalue weighted by atomic mass is 9.99. The highest BCUT2D eigenvalue weighted by atomic mass is 79.9. The van der Waals surface area contributed by atoms with Gasteiger partial charge in [0.25, 0.3) is 0 Å². The topological polar surface area (TPSA) is 21.3 Å². The maximum Gasteiger partial charge on any atom is 0.123 e. The van der Waals surface area contributed by atoms with Crippen LogP contribution < -0.4 is 5.32 Å². The van der Waals surface area contributed by atoms with E-state index in [1.807, 2.05) is 0 Å². The number of nitrogens with one attached hydrogen (secondary N) is 1. The number of rotatable bonds is 6. The summed E-state index contributed by atoms with van der Waals surface area (Å²) >= 11 is 3.51. The van der Waals surface area contributed by atoms with Crippen molar-refractivity contribution in [3.05, 3.63) is 34.1 Å². The first-order valence-corrected chi connectivity index (χ1v) is 8.22. The van der Waals surface area contributed by atoms with Crippen LogP contribution in [-0.2, 0) is 11.2 Å². The van der Waals surface area contributed by atoms with Gasteiger partial charge in [-0.3, -0.25) is 0 Å². The van der Waals surface area contributed by atoms with Crippen molar-refractivity contribution in [3.63, 3.8) is 0 Å². The van der Waals surface area contributed by atoms with Crippen molar-refractivity contribution >= 4 is 15.9 Å². The molecule has 1 aromatic rings. The molecule has 1 heterocycles. The summed E-state index contributed by atoms with van der Waals surface area (Å²) in [6, 6.07) is 5.12. The lowest BCUT2D eigenvalue weighted by Gasteiger charge is -2.25. The third kappa shape index (κ3) is 4.27. The Bertz CT molecular complexity index is 440. The summed E-state index contributed by atoms with van der Waals surface area (Å²) < 4.78 is 20.4. The van der Waals surface area contributed by atoms with E-state index in [4.69, 9.17) is 4.74 Å². The van der Waals surface area contributed by atoms with Crippen LogP contribution in [0.2, 0.25) is 0 Å². The van der Waals surface area contributed by atoms with E-state index >= 15 is 0 Å². The van der Waals surface area contributed by atoms with Crippen molar-refractivity contribution in [3.8, 4) is 0 Å². The van der Waals surface area contributed by atoms with Crippen LogP contribution >= 0.6 is 15.9 Å². The second-order valence-corrected chi connectivity index (χ2v) is 6.42. The molecule has 1 aromatic carbocycles. The zero-order valence-corrected chi connectivity index (χ0v) is 13.7. The third-order valence-corrected chi connectivity index (χ3v) is 4.59. The second kappa shape index (κ2) is 7.53. The number of ether oxygens (including phenoxy) is 1. The van der Waals surface area contributed by atoms with Crippen molar-refractivity contribution < 1.29 is 9.13 Å². The van der Waals surface area contributed by atoms with E-state index < -0.39 is 0 Å². The molecule has 1 N–H and O–H groups in total. The molecule has 1 fully saturated rings. The van der Waals surface area contributed by atoms with Gasteiger partial charge in [-0.1, -0.05) is 22.9 Å². The van der Waals surface area contributed by atoms with E-state index in [2.05, 4.69) is 35.1 Å². The summed E-state index contributed by atoms with van der Waals surface area (Å²) in [7, 11) is 0. The molecule has 20 heavy (non-hydrogen) atoms. The van der Waals surface area contributed by atoms with Gasteiger partial charge in [0.15, 0.2) is 0 Å². The van der Waals surface area contributed by atoms with Gasteiger partial charge in [0, 0.05) is 10.5 Å². The van der Waals surface area contributed by atoms with Gasteiger partial charge in [0.2, 0.25) is 0 Å². The van der Waals surface area contributed by atoms with Crippen LogP contribution in [0.25, 0.3) is 0 Å². The quantitative estimate of drug-likeness (QED) is 0.840. The third-order valence-electron chi connectivity index (χ3n) is 3.82. The van der Waals surface area contributed by atoms with Crippen LogP contribution in [0.15, 0.2) is 22.7 Å². The molecule has 1 aliphatic heterocycles. The minimum atomic E-state index is -0.182. The van der Waals surface area contributed by atoms with Crippen LogP contribution in [0.4, 0.5) is 4.39 Å². The molecule has 0 amide bonds. The predicted molar refractivity (Wildman–Crippen MR) is 83.5 cm³/mol. The summed E-state index contributed by atoms with van der Waals surface area (Å²) in [5.74, 6) is -0.182. The SMILES string of the molecule is CCCNC(Cc1cc(F)ccc1Br)C1CCC(C)O1. The normalized spacial score (nSPS) is 24.0. The molecular formula is C16H23BrFNO. The van der Waals surface area contributed by atoms with Crippen LogP contribution in [0.5, 0.6) is 0 Å². The number of hydrogen-bond acceptors (Lipinski definition) is 2. The number of benzene rings is 1. The first-order valence-electron chi connectivity index (χ1n) is 7.43. The fourth-order valence-electron chi connectivity index (χ4n) is 2.73. The number of hydrogen-bond donors (Lipinski definition) is 1. The first-order chi connectivity index (χ1) is 9.60. The fourth-order valence-corrected chi connectivity index (χ4v) is 3.14. The molecule has 112 valence electrons. The van der Waals surface area contributed by atoms with Gasteiger partial charge < -0.3 is 10.1 Å². The Morgan fingerprint density at radius 3 is 2.90 bits per heavy atom. The van der Waals surface area contributed by atoms with Crippen molar-refractivity contribution in [2.45, 2.75) is 57.8 Å². The van der Waals surface area contributed by atoms with Gasteiger partial charge in [-0.05, 0) is 62.9 Å². The molecule has 0 aliphatic carbocycles. The highest BCUT2D eigenvalue weighted by Gasteiger charge is 2.29. The summed E-state index contributed by atoms with van der Waals surface area (Å²) in [4.78, 5) is 0. The zero-order chi connectivity index (χ0) is 14.5. The monoisotopic (exact) mass is 343 g/mol. The van der Waals surface area contributed by atoms with Crippen LogP contribution in [-0.4, -0.2) is 24.8 Å². The molecule has 1 saturated heterocycles. The van der Waals surface area contributed by atoms with Crippen LogP contribution in [0.1, 0.15) is 38.7 Å². The van der Waals surface area contributed by atoms with E-state index in [1.54, 1.807) is 12.1 Å². The maximum atomic E-state index is 13.4. The van der Waals surface area contributed by atoms with E-state index in [1.165, 1.54) is 6.07 Å². The van der Waals surface area contributed by atoms with Gasteiger partial charge >= 0.3 is 0 Å². The summed E-state index contributed by atoms with van der Waals surface area (Å²) in [5, 5.41) is 3.56. The van der Waals surface area contributed by atoms with Crippen molar-refractivity contribution in [2.75, 3.05) is 6.54 Å². The minimum Gasteiger partial charge on any atom is -0.374 e. The lowest BCUT2D eigenvalue weighted by Crippen LogP contribution is -2.42. The maximum absolute atomic E-state index is 13.4. The average Bonchev–Trinajstić information content (AvgIpc) is 2.85. The standard InChI is InChI=1S/C16H23BrFNO/c1-3-8-19-15(16-7-4-11(2)20-16)10-12-9-13(18)5-6-14(12)17/h5-6,9,11,15-16,19H,3-4,7-8,10H2,1-2H3. The Morgan fingerprint density at radius 2 is 2.25 bits per heavy atom. The molecule has 2 rings (SSSR count). The minimum absolute atomic E-state index is 0.182. The van der Waals surface area contributed by atoms with Gasteiger partial charge in [-0.2, -0.15) is 0 Å². The molecule has 0 aromatic heterocycles. The molecule has 0 bridgehead atoms. The van der Waals surface area contributed by atoms with Gasteiger partial charge in [-0.15, -0.1) is 0 Å². The van der Waals surface area contributed by atoms with Gasteiger partial charge in [-0.25, -0.2) is 4.39 Å². The Kier molecular flexibility index (Phi) is 6.00. The smallest absolute Gasteiger partial charge is 0.123 e. The molecule has 4 heteroatoms. The number of halogens is 2. The molecular weight excluding hydrogens is 321 g/mol. The van der Waals surface area contributed by atoms with Crippen LogP contribution in [0, 0.1) is 5.82 Å². The molecule has 0 saturated carbocycles. The predicted octanol–water partition coefficient (Wildman–Crippen LogP) is 4.07. The molecule has 3 atom stereocenters. The van der Waals surface area contributed by atoms with E-state index in [9.17, 15) is 4.39 Å². The van der Waals surface area contributed by atoms with Gasteiger partial charge in [0.05, 0.1) is 12.2 Å². The molecule has 2 nitrogen and oxygen atoms in total. The fraction of sp³-hybridized carbons (Fsp3) is 0.625. The Hall–Kier alpha value is -0.450. The first kappa shape index (κ1) is 15.9. The van der Waals surface area contributed by atoms with Crippen LogP contribution in [0.3, 0.4) is 0 Å². The average molecular weight is 344 g/mol. The lowest BCUT2D eigenvalue weighted by molar-refractivity contribution is 0.0320. The van der Waals surface area contributed by atoms with Gasteiger partial charge in [0.1, 0.15) is 5.82 Å². The summed E-state index contributed by atoms with van der Waals surface area (Å²) in [6.07, 6.45) is 4.63. The Balaban J connectivity index is 2.08. The Labute approximate surface area is 129 Å². The highest BCUT2D eigenvalue weighted by Crippen LogP contribution is 2.26. The van der Waals surface area contributed by atoms with E-state index in [0.29, 0.717) is 6.10 Å². The molecule has 1 aliphatic rings. The second-order valence-electron chi connectivity index (χ2n) is 5.56. The van der Waals surface area contributed by atoms with E-state index in [-0.39, 0.29) is 18.0 Å². The van der Waals surface area contributed by atoms with E-state index in [0.717, 1.165) is 42.3 Å². The van der Waals surface area contributed by atoms with Crippen molar-refractivity contribution in [1.29, 1.82) is 0 Å². The Morgan fingerprint density at radius 1 is 1.45 bits per heavy atom. The largest absolute Gasteiger partial charge is 0.374 e. The van der Waals surface area contributed by atoms with Crippen molar-refractivity contribution in [2.24, 2.45) is 0 Å².